The Morgan fingerprint density at radius 3 is 1.65 bits per heavy atom. The zero-order valence-electron chi connectivity index (χ0n) is 9.33. The quantitative estimate of drug-likeness (QED) is 0.479. The number of esters is 2. The summed E-state index contributed by atoms with van der Waals surface area (Å²) < 4.78 is 13.8. The molecule has 0 rings (SSSR count). The average molecular weight is 238 g/mol. The smallest absolute Gasteiger partial charge is 0.314 e. The van der Waals surface area contributed by atoms with Crippen LogP contribution in [0.15, 0.2) is 50.4 Å². The molecule has 0 N–H and O–H groups in total. The van der Waals surface area contributed by atoms with E-state index in [9.17, 15) is 9.59 Å². The van der Waals surface area contributed by atoms with Crippen molar-refractivity contribution in [3.63, 3.8) is 0 Å². The number of rotatable bonds is 8. The first-order valence-corrected chi connectivity index (χ1v) is 4.77. The molecule has 0 aliphatic rings. The van der Waals surface area contributed by atoms with Crippen LogP contribution in [0.25, 0.3) is 0 Å². The van der Waals surface area contributed by atoms with E-state index >= 15 is 0 Å². The molecule has 0 heterocycles. The molecule has 0 spiro atoms. The van der Waals surface area contributed by atoms with Gasteiger partial charge in [0.2, 0.25) is 0 Å². The molecule has 5 nitrogen and oxygen atoms in total. The third-order valence-corrected chi connectivity index (χ3v) is 1.35. The van der Waals surface area contributed by atoms with Crippen molar-refractivity contribution in [3.05, 3.63) is 50.4 Å². The second-order valence-corrected chi connectivity index (χ2v) is 2.60. The number of ether oxygens (including phenoxy) is 3. The van der Waals surface area contributed by atoms with Gasteiger partial charge in [-0.05, 0) is 12.2 Å². The molecule has 0 aliphatic heterocycles. The second-order valence-electron chi connectivity index (χ2n) is 2.60. The van der Waals surface area contributed by atoms with Crippen LogP contribution in [0.3, 0.4) is 0 Å². The van der Waals surface area contributed by atoms with Gasteiger partial charge in [-0.3, -0.25) is 9.59 Å². The van der Waals surface area contributed by atoms with E-state index in [0.29, 0.717) is 0 Å². The summed E-state index contributed by atoms with van der Waals surface area (Å²) in [5.74, 6) is -0.864. The van der Waals surface area contributed by atoms with E-state index < -0.39 is 11.9 Å². The van der Waals surface area contributed by atoms with Crippen LogP contribution < -0.4 is 0 Å². The monoisotopic (exact) mass is 238 g/mol. The molecule has 0 fully saturated rings. The molecule has 0 bridgehead atoms. The van der Waals surface area contributed by atoms with Crippen LogP contribution in [-0.4, -0.2) is 11.9 Å². The molecule has 0 aromatic rings. The van der Waals surface area contributed by atoms with E-state index in [1.807, 2.05) is 0 Å². The molecular weight excluding hydrogens is 224 g/mol. The topological polar surface area (TPSA) is 61.8 Å². The van der Waals surface area contributed by atoms with Crippen molar-refractivity contribution in [2.24, 2.45) is 0 Å². The van der Waals surface area contributed by atoms with Gasteiger partial charge in [-0.2, -0.15) is 0 Å². The normalized spacial score (nSPS) is 10.1. The molecule has 0 aromatic carbocycles. The van der Waals surface area contributed by atoms with E-state index in [4.69, 9.17) is 4.74 Å². The molecule has 0 aliphatic carbocycles. The SMILES string of the molecule is C=COC(=O)CC=COC=CCC(=O)OC=C. The molecule has 0 saturated carbocycles. The maximum Gasteiger partial charge on any atom is 0.314 e. The zero-order chi connectivity index (χ0) is 12.9. The van der Waals surface area contributed by atoms with Gasteiger partial charge in [0.25, 0.3) is 0 Å². The Kier molecular flexibility index (Phi) is 8.84. The fraction of sp³-hybridized carbons (Fsp3) is 0.167. The van der Waals surface area contributed by atoms with Gasteiger partial charge in [-0.15, -0.1) is 0 Å². The molecule has 0 atom stereocenters. The minimum absolute atomic E-state index is 0.0817. The lowest BCUT2D eigenvalue weighted by Gasteiger charge is -1.94. The van der Waals surface area contributed by atoms with Gasteiger partial charge in [0, 0.05) is 0 Å². The highest BCUT2D eigenvalue weighted by Gasteiger charge is 1.95. The fourth-order valence-electron chi connectivity index (χ4n) is 0.727. The molecule has 17 heavy (non-hydrogen) atoms. The maximum absolute atomic E-state index is 10.8. The minimum atomic E-state index is -0.432. The Labute approximate surface area is 99.7 Å². The second kappa shape index (κ2) is 10.2. The predicted molar refractivity (Wildman–Crippen MR) is 61.2 cm³/mol. The summed E-state index contributed by atoms with van der Waals surface area (Å²) in [4.78, 5) is 21.6. The highest BCUT2D eigenvalue weighted by molar-refractivity contribution is 5.72. The molecule has 0 radical (unpaired) electrons. The fourth-order valence-corrected chi connectivity index (χ4v) is 0.727. The summed E-state index contributed by atoms with van der Waals surface area (Å²) in [6.07, 6.45) is 7.83. The molecule has 0 unspecified atom stereocenters. The van der Waals surface area contributed by atoms with Crippen molar-refractivity contribution in [2.75, 3.05) is 0 Å². The lowest BCUT2D eigenvalue weighted by Crippen LogP contribution is -1.96. The first kappa shape index (κ1) is 14.7. The molecule has 5 heteroatoms. The third-order valence-electron chi connectivity index (χ3n) is 1.35. The van der Waals surface area contributed by atoms with Crippen LogP contribution in [0.2, 0.25) is 0 Å². The summed E-state index contributed by atoms with van der Waals surface area (Å²) >= 11 is 0. The Balaban J connectivity index is 3.61. The van der Waals surface area contributed by atoms with Gasteiger partial charge in [-0.25, -0.2) is 0 Å². The maximum atomic E-state index is 10.8. The van der Waals surface area contributed by atoms with Crippen molar-refractivity contribution in [2.45, 2.75) is 12.8 Å². The predicted octanol–water partition coefficient (Wildman–Crippen LogP) is 2.18. The number of carbonyl (C=O) groups is 2. The van der Waals surface area contributed by atoms with Crippen LogP contribution >= 0.6 is 0 Å². The zero-order valence-corrected chi connectivity index (χ0v) is 9.33. The van der Waals surface area contributed by atoms with E-state index in [0.717, 1.165) is 12.5 Å². The van der Waals surface area contributed by atoms with Gasteiger partial charge in [-0.1, -0.05) is 13.2 Å². The first-order valence-electron chi connectivity index (χ1n) is 4.77. The van der Waals surface area contributed by atoms with Crippen molar-refractivity contribution >= 4 is 11.9 Å². The van der Waals surface area contributed by atoms with Gasteiger partial charge in [0.1, 0.15) is 0 Å². The van der Waals surface area contributed by atoms with Crippen LogP contribution in [0, 0.1) is 0 Å². The summed E-state index contributed by atoms with van der Waals surface area (Å²) in [6, 6.07) is 0. The highest BCUT2D eigenvalue weighted by Crippen LogP contribution is 1.92. The average Bonchev–Trinajstić information content (AvgIpc) is 2.28. The summed E-state index contributed by atoms with van der Waals surface area (Å²) in [5.41, 5.74) is 0. The molecule has 0 saturated heterocycles. The highest BCUT2D eigenvalue weighted by atomic mass is 16.5. The Hall–Kier alpha value is -2.30. The van der Waals surface area contributed by atoms with Gasteiger partial charge < -0.3 is 14.2 Å². The van der Waals surface area contributed by atoms with E-state index in [1.54, 1.807) is 0 Å². The summed E-state index contributed by atoms with van der Waals surface area (Å²) in [5, 5.41) is 0. The lowest BCUT2D eigenvalue weighted by molar-refractivity contribution is -0.137. The van der Waals surface area contributed by atoms with E-state index in [-0.39, 0.29) is 12.8 Å². The molecule has 0 aromatic heterocycles. The Morgan fingerprint density at radius 2 is 1.29 bits per heavy atom. The van der Waals surface area contributed by atoms with Gasteiger partial charge in [0.15, 0.2) is 0 Å². The minimum Gasteiger partial charge on any atom is -0.473 e. The largest absolute Gasteiger partial charge is 0.473 e. The third kappa shape index (κ3) is 9.99. The van der Waals surface area contributed by atoms with Crippen LogP contribution in [-0.2, 0) is 23.8 Å². The molecular formula is C12H14O5. The Morgan fingerprint density at radius 1 is 0.882 bits per heavy atom. The van der Waals surface area contributed by atoms with Crippen molar-refractivity contribution in [1.29, 1.82) is 0 Å². The van der Waals surface area contributed by atoms with Gasteiger partial charge in [0.05, 0.1) is 37.9 Å². The number of hydrogen-bond acceptors (Lipinski definition) is 5. The number of carbonyl (C=O) groups excluding carboxylic acids is 2. The molecule has 92 valence electrons. The van der Waals surface area contributed by atoms with Crippen LogP contribution in [0.1, 0.15) is 12.8 Å². The molecule has 0 amide bonds. The summed E-state index contributed by atoms with van der Waals surface area (Å²) in [7, 11) is 0. The number of hydrogen-bond donors (Lipinski definition) is 0. The van der Waals surface area contributed by atoms with E-state index in [1.165, 1.54) is 24.7 Å². The van der Waals surface area contributed by atoms with Crippen molar-refractivity contribution < 1.29 is 23.8 Å². The van der Waals surface area contributed by atoms with Gasteiger partial charge >= 0.3 is 11.9 Å². The van der Waals surface area contributed by atoms with Crippen molar-refractivity contribution in [3.8, 4) is 0 Å². The Bertz CT molecular complexity index is 296. The summed E-state index contributed by atoms with van der Waals surface area (Å²) in [6.45, 7) is 6.48. The van der Waals surface area contributed by atoms with Crippen LogP contribution in [0.4, 0.5) is 0 Å². The van der Waals surface area contributed by atoms with Crippen molar-refractivity contribution in [1.82, 2.24) is 0 Å². The van der Waals surface area contributed by atoms with E-state index in [2.05, 4.69) is 22.6 Å². The first-order chi connectivity index (χ1) is 8.20. The standard InChI is InChI=1S/C12H14O5/c1-3-16-11(13)7-5-9-15-10-6-8-12(14)17-4-2/h3-6,9-10H,1-2,7-8H2. The van der Waals surface area contributed by atoms with Crippen LogP contribution in [0.5, 0.6) is 0 Å². The lowest BCUT2D eigenvalue weighted by atomic mass is 10.4.